The van der Waals surface area contributed by atoms with Crippen LogP contribution in [0.15, 0.2) is 30.4 Å². The molecule has 0 aromatic heterocycles. The molecule has 32 heavy (non-hydrogen) atoms. The molecule has 2 saturated heterocycles. The summed E-state index contributed by atoms with van der Waals surface area (Å²) in [6, 6.07) is 6.15. The molecule has 1 amide bonds. The Balaban J connectivity index is 0.000000390. The van der Waals surface area contributed by atoms with Crippen molar-refractivity contribution < 1.29 is 24.6 Å². The molecule has 0 radical (unpaired) electrons. The zero-order chi connectivity index (χ0) is 23.7. The molecule has 2 aliphatic rings. The first-order valence-electron chi connectivity index (χ1n) is 10.8. The molecule has 9 heteroatoms. The number of hydrogen-bond acceptors (Lipinski definition) is 4. The Morgan fingerprint density at radius 1 is 1.00 bits per heavy atom. The molecule has 2 atom stereocenters. The number of amides is 1. The number of carboxylic acids is 2. The second kappa shape index (κ2) is 12.8. The van der Waals surface area contributed by atoms with E-state index in [-0.39, 0.29) is 5.91 Å². The van der Waals surface area contributed by atoms with Crippen LogP contribution in [0.2, 0.25) is 10.0 Å². The summed E-state index contributed by atoms with van der Waals surface area (Å²) in [6.07, 6.45) is 7.54. The van der Waals surface area contributed by atoms with Crippen LogP contribution >= 0.6 is 23.2 Å². The fraction of sp³-hybridized carbons (Fsp3) is 0.522. The first-order valence-corrected chi connectivity index (χ1v) is 11.5. The summed E-state index contributed by atoms with van der Waals surface area (Å²) in [5.74, 6) is -2.30. The van der Waals surface area contributed by atoms with Crippen LogP contribution < -0.4 is 0 Å². The molecule has 2 aliphatic heterocycles. The van der Waals surface area contributed by atoms with Gasteiger partial charge in [-0.05, 0) is 69.8 Å². The largest absolute Gasteiger partial charge is 0.478 e. The van der Waals surface area contributed by atoms with Crippen molar-refractivity contribution in [2.24, 2.45) is 0 Å². The van der Waals surface area contributed by atoms with Gasteiger partial charge in [0.15, 0.2) is 0 Å². The van der Waals surface area contributed by atoms with Crippen molar-refractivity contribution in [1.29, 1.82) is 0 Å². The normalized spacial score (nSPS) is 21.3. The summed E-state index contributed by atoms with van der Waals surface area (Å²) in [6.45, 7) is 5.57. The summed E-state index contributed by atoms with van der Waals surface area (Å²) in [7, 11) is 0. The Bertz CT molecular complexity index is 824. The highest BCUT2D eigenvalue weighted by molar-refractivity contribution is 6.42. The summed E-state index contributed by atoms with van der Waals surface area (Å²) < 4.78 is 0. The van der Waals surface area contributed by atoms with Crippen molar-refractivity contribution in [3.63, 3.8) is 0 Å². The predicted octanol–water partition coefficient (Wildman–Crippen LogP) is 4.11. The van der Waals surface area contributed by atoms with Gasteiger partial charge in [0.25, 0.3) is 0 Å². The topological polar surface area (TPSA) is 98.2 Å². The highest BCUT2D eigenvalue weighted by Crippen LogP contribution is 2.27. The standard InChI is InChI=1S/C19H26Cl2N2O.C4H4O4/c1-14-5-4-6-16(13-22-9-2-3-10-22)23(14)19(24)12-15-7-8-17(20)18(21)11-15;5-3(6)1-2-4(7)8/h7-8,11,14,16H,2-6,9-10,12-13H2,1H3;1-2H,(H,5,6)(H,7,8). The number of nitrogens with zero attached hydrogens (tertiary/aromatic N) is 2. The first-order chi connectivity index (χ1) is 15.2. The summed E-state index contributed by atoms with van der Waals surface area (Å²) >= 11 is 12.1. The maximum Gasteiger partial charge on any atom is 0.328 e. The number of aliphatic carboxylic acids is 2. The quantitative estimate of drug-likeness (QED) is 0.589. The number of halogens is 2. The van der Waals surface area contributed by atoms with E-state index in [1.165, 1.54) is 32.4 Å². The molecule has 2 unspecified atom stereocenters. The van der Waals surface area contributed by atoms with Gasteiger partial charge in [-0.25, -0.2) is 9.59 Å². The first kappa shape index (κ1) is 26.2. The lowest BCUT2D eigenvalue weighted by Crippen LogP contribution is -2.53. The highest BCUT2D eigenvalue weighted by Gasteiger charge is 2.33. The molecule has 2 heterocycles. The lowest BCUT2D eigenvalue weighted by atomic mass is 9.95. The molecule has 1 aromatic carbocycles. The average molecular weight is 485 g/mol. The van der Waals surface area contributed by atoms with E-state index in [0.717, 1.165) is 24.9 Å². The van der Waals surface area contributed by atoms with E-state index in [9.17, 15) is 14.4 Å². The Hall–Kier alpha value is -2.09. The average Bonchev–Trinajstić information content (AvgIpc) is 3.23. The number of carboxylic acid groups (broad SMARTS) is 2. The molecule has 1 aromatic rings. The van der Waals surface area contributed by atoms with Crippen LogP contribution in [-0.4, -0.2) is 69.6 Å². The number of piperidine rings is 1. The predicted molar refractivity (Wildman–Crippen MR) is 124 cm³/mol. The minimum Gasteiger partial charge on any atom is -0.478 e. The van der Waals surface area contributed by atoms with Gasteiger partial charge in [0, 0.05) is 30.8 Å². The van der Waals surface area contributed by atoms with E-state index in [4.69, 9.17) is 33.4 Å². The molecule has 0 bridgehead atoms. The number of hydrogen-bond donors (Lipinski definition) is 2. The molecule has 2 fully saturated rings. The number of benzene rings is 1. The van der Waals surface area contributed by atoms with Crippen molar-refractivity contribution in [1.82, 2.24) is 9.80 Å². The number of carbonyl (C=O) groups is 3. The molecule has 0 spiro atoms. The van der Waals surface area contributed by atoms with Crippen LogP contribution in [-0.2, 0) is 20.8 Å². The second-order valence-corrected chi connectivity index (χ2v) is 8.99. The Morgan fingerprint density at radius 3 is 2.19 bits per heavy atom. The van der Waals surface area contributed by atoms with Crippen molar-refractivity contribution in [3.8, 4) is 0 Å². The van der Waals surface area contributed by atoms with E-state index in [1.807, 2.05) is 12.1 Å². The van der Waals surface area contributed by atoms with Crippen LogP contribution in [0, 0.1) is 0 Å². The van der Waals surface area contributed by atoms with E-state index < -0.39 is 11.9 Å². The van der Waals surface area contributed by atoms with Gasteiger partial charge in [0.05, 0.1) is 16.5 Å². The number of carbonyl (C=O) groups excluding carboxylic acids is 1. The van der Waals surface area contributed by atoms with Crippen molar-refractivity contribution in [3.05, 3.63) is 46.0 Å². The van der Waals surface area contributed by atoms with Crippen LogP contribution in [0.4, 0.5) is 0 Å². The molecular weight excluding hydrogens is 455 g/mol. The molecule has 2 N–H and O–H groups in total. The van der Waals surface area contributed by atoms with Gasteiger partial charge in [0.1, 0.15) is 0 Å². The molecule has 3 rings (SSSR count). The van der Waals surface area contributed by atoms with Crippen molar-refractivity contribution in [2.75, 3.05) is 19.6 Å². The van der Waals surface area contributed by atoms with Gasteiger partial charge in [-0.3, -0.25) is 4.79 Å². The third kappa shape index (κ3) is 8.45. The lowest BCUT2D eigenvalue weighted by Gasteiger charge is -2.42. The van der Waals surface area contributed by atoms with Crippen LogP contribution in [0.5, 0.6) is 0 Å². The van der Waals surface area contributed by atoms with Gasteiger partial charge < -0.3 is 20.0 Å². The fourth-order valence-corrected chi connectivity index (χ4v) is 4.56. The van der Waals surface area contributed by atoms with Crippen molar-refractivity contribution in [2.45, 2.75) is 57.5 Å². The van der Waals surface area contributed by atoms with Gasteiger partial charge >= 0.3 is 11.9 Å². The van der Waals surface area contributed by atoms with Crippen LogP contribution in [0.25, 0.3) is 0 Å². The number of likely N-dealkylation sites (tertiary alicyclic amines) is 2. The van der Waals surface area contributed by atoms with Crippen molar-refractivity contribution >= 4 is 41.0 Å². The minimum atomic E-state index is -1.26. The fourth-order valence-electron chi connectivity index (χ4n) is 4.24. The zero-order valence-electron chi connectivity index (χ0n) is 18.2. The highest BCUT2D eigenvalue weighted by atomic mass is 35.5. The third-order valence-electron chi connectivity index (χ3n) is 5.69. The SMILES string of the molecule is CC1CCCC(CN2CCCC2)N1C(=O)Cc1ccc(Cl)c(Cl)c1.O=C(O)C=CC(=O)O. The van der Waals surface area contributed by atoms with Crippen LogP contribution in [0.3, 0.4) is 0 Å². The van der Waals surface area contributed by atoms with E-state index in [2.05, 4.69) is 16.7 Å². The maximum absolute atomic E-state index is 13.0. The Labute approximate surface area is 198 Å². The van der Waals surface area contributed by atoms with E-state index >= 15 is 0 Å². The van der Waals surface area contributed by atoms with Crippen LogP contribution in [0.1, 0.15) is 44.6 Å². The monoisotopic (exact) mass is 484 g/mol. The molecule has 0 aliphatic carbocycles. The van der Waals surface area contributed by atoms with E-state index in [0.29, 0.717) is 40.7 Å². The smallest absolute Gasteiger partial charge is 0.328 e. The Kier molecular flexibility index (Phi) is 10.5. The summed E-state index contributed by atoms with van der Waals surface area (Å²) in [4.78, 5) is 36.8. The zero-order valence-corrected chi connectivity index (χ0v) is 19.7. The molecular formula is C23H30Cl2N2O5. The lowest BCUT2D eigenvalue weighted by molar-refractivity contribution is -0.137. The van der Waals surface area contributed by atoms with E-state index in [1.54, 1.807) is 6.07 Å². The van der Waals surface area contributed by atoms with Gasteiger partial charge in [-0.2, -0.15) is 0 Å². The Morgan fingerprint density at radius 2 is 1.62 bits per heavy atom. The van der Waals surface area contributed by atoms with Gasteiger partial charge in [0.2, 0.25) is 5.91 Å². The summed E-state index contributed by atoms with van der Waals surface area (Å²) in [5, 5.41) is 16.7. The van der Waals surface area contributed by atoms with Gasteiger partial charge in [-0.1, -0.05) is 29.3 Å². The molecule has 0 saturated carbocycles. The second-order valence-electron chi connectivity index (χ2n) is 8.18. The maximum atomic E-state index is 13.0. The summed E-state index contributed by atoms with van der Waals surface area (Å²) in [5.41, 5.74) is 0.937. The number of rotatable bonds is 6. The molecule has 7 nitrogen and oxygen atoms in total. The van der Waals surface area contributed by atoms with Gasteiger partial charge in [-0.15, -0.1) is 0 Å². The minimum absolute atomic E-state index is 0.213. The third-order valence-corrected chi connectivity index (χ3v) is 6.43. The molecule has 176 valence electrons.